The standard InChI is InChI=1S/C42H65NO10S2/c1-25-6-5-7-27(14-25)32-19-31(11-9-29(32)22-43-2)53-38-18-28-8-10-30(52-24-45)20-35(46)34(15-26-16-39(50-3)42(49)40(17-26)51-4)37(48)23-54-55-41(12-13-44)33(28)21-36(38)47/h16-18,21,25,27,29-32,34-35,37,41,43-49H,5-15,19-20,22-24H2,1-4H3/t25-,27-,29-,30-,31+,32+,34-,35+,37+,41-/m0/s1. The molecule has 3 aliphatic rings. The van der Waals surface area contributed by atoms with Crippen LogP contribution in [0.15, 0.2) is 24.3 Å². The lowest BCUT2D eigenvalue weighted by Gasteiger charge is -2.43. The number of aryl methyl sites for hydroxylation is 1. The Bertz CT molecular complexity index is 1460. The molecule has 7 N–H and O–H groups in total. The molecule has 0 aromatic heterocycles. The largest absolute Gasteiger partial charge is 0.504 e. The summed E-state index contributed by atoms with van der Waals surface area (Å²) in [5, 5.41) is 68.5. The summed E-state index contributed by atoms with van der Waals surface area (Å²) in [5.41, 5.74) is 2.56. The summed E-state index contributed by atoms with van der Waals surface area (Å²) in [7, 11) is 7.94. The van der Waals surface area contributed by atoms with E-state index in [2.05, 4.69) is 12.2 Å². The highest BCUT2D eigenvalue weighted by Crippen LogP contribution is 2.48. The van der Waals surface area contributed by atoms with Gasteiger partial charge < -0.3 is 54.9 Å². The summed E-state index contributed by atoms with van der Waals surface area (Å²) in [6.45, 7) is 2.81. The number of ether oxygens (including phenoxy) is 4. The first-order valence-electron chi connectivity index (χ1n) is 20.2. The van der Waals surface area contributed by atoms with Crippen molar-refractivity contribution in [1.82, 2.24) is 5.32 Å². The van der Waals surface area contributed by atoms with Gasteiger partial charge >= 0.3 is 0 Å². The maximum atomic E-state index is 11.7. The fourth-order valence-corrected chi connectivity index (χ4v) is 12.3. The molecule has 10 atom stereocenters. The molecule has 11 nitrogen and oxygen atoms in total. The highest BCUT2D eigenvalue weighted by Gasteiger charge is 2.38. The highest BCUT2D eigenvalue weighted by atomic mass is 33.1. The van der Waals surface area contributed by atoms with Gasteiger partial charge in [0, 0.05) is 23.5 Å². The van der Waals surface area contributed by atoms with Crippen LogP contribution < -0.4 is 19.5 Å². The van der Waals surface area contributed by atoms with Crippen molar-refractivity contribution in [2.45, 2.75) is 114 Å². The smallest absolute Gasteiger partial charge is 0.200 e. The third-order valence-corrected chi connectivity index (χ3v) is 15.1. The van der Waals surface area contributed by atoms with Crippen molar-refractivity contribution in [2.24, 2.45) is 29.6 Å². The molecule has 2 fully saturated rings. The van der Waals surface area contributed by atoms with Crippen molar-refractivity contribution in [3.05, 3.63) is 41.0 Å². The van der Waals surface area contributed by atoms with Crippen LogP contribution in [-0.2, 0) is 17.6 Å². The van der Waals surface area contributed by atoms with Crippen LogP contribution in [0.2, 0.25) is 0 Å². The van der Waals surface area contributed by atoms with Gasteiger partial charge in [0.1, 0.15) is 6.79 Å². The van der Waals surface area contributed by atoms with Crippen molar-refractivity contribution in [3.63, 3.8) is 0 Å². The zero-order chi connectivity index (χ0) is 39.5. The van der Waals surface area contributed by atoms with E-state index in [0.717, 1.165) is 42.9 Å². The summed E-state index contributed by atoms with van der Waals surface area (Å²) < 4.78 is 23.2. The van der Waals surface area contributed by atoms with Crippen LogP contribution in [-0.4, -0.2) is 102 Å². The molecule has 1 aliphatic heterocycles. The van der Waals surface area contributed by atoms with Gasteiger partial charge in [-0.15, -0.1) is 0 Å². The number of hydrogen-bond donors (Lipinski definition) is 7. The number of aliphatic hydroxyl groups is 4. The van der Waals surface area contributed by atoms with Gasteiger partial charge in [-0.05, 0) is 136 Å². The minimum atomic E-state index is -0.992. The maximum Gasteiger partial charge on any atom is 0.200 e. The van der Waals surface area contributed by atoms with E-state index in [9.17, 15) is 30.6 Å². The molecule has 0 radical (unpaired) electrons. The Morgan fingerprint density at radius 1 is 0.855 bits per heavy atom. The SMILES string of the molecule is CNC[C@@H]1CC[C@@H](Oc2cc3c(cc2O)[C@H](CCO)SSC[C@@H](O)[C@@H](Cc2cc(OC)c(O)c(OC)c2)[C@H](O)C[C@@H](OCO)CC3)C[C@@H]1[C@H]1CCC[C@H](C)C1. The lowest BCUT2D eigenvalue weighted by atomic mass is 9.65. The Morgan fingerprint density at radius 2 is 1.62 bits per heavy atom. The average Bonchev–Trinajstić information content (AvgIpc) is 3.17. The maximum absolute atomic E-state index is 11.7. The van der Waals surface area contributed by atoms with E-state index in [1.165, 1.54) is 61.5 Å². The molecule has 13 heteroatoms. The van der Waals surface area contributed by atoms with Crippen LogP contribution in [0.5, 0.6) is 28.7 Å². The van der Waals surface area contributed by atoms with Crippen molar-refractivity contribution >= 4 is 21.6 Å². The Hall–Kier alpha value is -2.10. The van der Waals surface area contributed by atoms with E-state index >= 15 is 0 Å². The molecule has 0 amide bonds. The monoisotopic (exact) mass is 807 g/mol. The molecule has 1 heterocycles. The van der Waals surface area contributed by atoms with E-state index < -0.39 is 31.0 Å². The lowest BCUT2D eigenvalue weighted by molar-refractivity contribution is -0.0808. The van der Waals surface area contributed by atoms with Crippen molar-refractivity contribution < 1.29 is 49.6 Å². The molecule has 0 unspecified atom stereocenters. The van der Waals surface area contributed by atoms with Crippen LogP contribution in [0.3, 0.4) is 0 Å². The van der Waals surface area contributed by atoms with E-state index in [0.29, 0.717) is 48.3 Å². The number of phenols is 2. The molecular weight excluding hydrogens is 743 g/mol. The summed E-state index contributed by atoms with van der Waals surface area (Å²) >= 11 is 0. The third-order valence-electron chi connectivity index (χ3n) is 12.3. The first kappa shape index (κ1) is 44.0. The lowest BCUT2D eigenvalue weighted by Crippen LogP contribution is -2.40. The van der Waals surface area contributed by atoms with Gasteiger partial charge in [0.05, 0.1) is 38.6 Å². The Kier molecular flexibility index (Phi) is 17.3. The normalized spacial score (nSPS) is 31.0. The minimum absolute atomic E-state index is 0.000210. The van der Waals surface area contributed by atoms with E-state index in [1.54, 1.807) is 18.2 Å². The summed E-state index contributed by atoms with van der Waals surface area (Å²) in [6.07, 6.45) is 7.51. The van der Waals surface area contributed by atoms with Gasteiger partial charge in [-0.2, -0.15) is 0 Å². The first-order chi connectivity index (χ1) is 26.6. The topological polar surface area (TPSA) is 170 Å². The van der Waals surface area contributed by atoms with Crippen LogP contribution in [0, 0.1) is 29.6 Å². The summed E-state index contributed by atoms with van der Waals surface area (Å²) in [4.78, 5) is 0. The zero-order valence-electron chi connectivity index (χ0n) is 33.0. The van der Waals surface area contributed by atoms with Gasteiger partial charge in [-0.25, -0.2) is 0 Å². The second kappa shape index (κ2) is 21.6. The molecule has 2 aromatic carbocycles. The number of aromatic hydroxyl groups is 2. The van der Waals surface area contributed by atoms with Gasteiger partial charge in [0.25, 0.3) is 0 Å². The molecule has 5 rings (SSSR count). The number of rotatable bonds is 13. The predicted molar refractivity (Wildman–Crippen MR) is 218 cm³/mol. The molecule has 0 spiro atoms. The first-order valence-corrected chi connectivity index (χ1v) is 22.6. The molecule has 2 aromatic rings. The Balaban J connectivity index is 1.39. The summed E-state index contributed by atoms with van der Waals surface area (Å²) in [5.74, 6) is 3.17. The minimum Gasteiger partial charge on any atom is -0.504 e. The van der Waals surface area contributed by atoms with Gasteiger partial charge in [-0.1, -0.05) is 47.8 Å². The number of methoxy groups -OCH3 is 2. The number of fused-ring (bicyclic) bond motifs is 1. The second-order valence-electron chi connectivity index (χ2n) is 16.0. The predicted octanol–water partition coefficient (Wildman–Crippen LogP) is 6.38. The highest BCUT2D eigenvalue weighted by molar-refractivity contribution is 8.76. The van der Waals surface area contributed by atoms with Gasteiger partial charge in [-0.3, -0.25) is 0 Å². The van der Waals surface area contributed by atoms with Crippen LogP contribution in [0.1, 0.15) is 93.1 Å². The number of aliphatic hydroxyl groups excluding tert-OH is 4. The number of phenolic OH excluding ortho intramolecular Hbond substituents is 2. The Morgan fingerprint density at radius 3 is 2.29 bits per heavy atom. The fraction of sp³-hybridized carbons (Fsp3) is 0.714. The van der Waals surface area contributed by atoms with E-state index in [4.69, 9.17) is 18.9 Å². The summed E-state index contributed by atoms with van der Waals surface area (Å²) in [6, 6.07) is 7.08. The van der Waals surface area contributed by atoms with Crippen LogP contribution >= 0.6 is 21.6 Å². The van der Waals surface area contributed by atoms with Crippen molar-refractivity contribution in [1.29, 1.82) is 0 Å². The zero-order valence-corrected chi connectivity index (χ0v) is 34.7. The van der Waals surface area contributed by atoms with E-state index in [-0.39, 0.29) is 59.6 Å². The quantitative estimate of drug-likeness (QED) is 0.0880. The molecule has 0 saturated heterocycles. The average molecular weight is 808 g/mol. The molecular formula is C42H65NO10S2. The van der Waals surface area contributed by atoms with Crippen LogP contribution in [0.25, 0.3) is 0 Å². The fourth-order valence-electron chi connectivity index (χ4n) is 9.40. The molecule has 0 bridgehead atoms. The molecule has 310 valence electrons. The number of nitrogens with one attached hydrogen (secondary N) is 1. The molecule has 2 aliphatic carbocycles. The van der Waals surface area contributed by atoms with Gasteiger partial charge in [0.15, 0.2) is 23.0 Å². The van der Waals surface area contributed by atoms with Crippen LogP contribution in [0.4, 0.5) is 0 Å². The second-order valence-corrected chi connectivity index (χ2v) is 18.6. The van der Waals surface area contributed by atoms with Crippen molar-refractivity contribution in [2.75, 3.05) is 47.0 Å². The number of hydrogen-bond acceptors (Lipinski definition) is 13. The molecule has 55 heavy (non-hydrogen) atoms. The van der Waals surface area contributed by atoms with E-state index in [1.807, 2.05) is 13.1 Å². The third kappa shape index (κ3) is 11.7. The number of benzene rings is 2. The van der Waals surface area contributed by atoms with Gasteiger partial charge in [0.2, 0.25) is 5.75 Å². The molecule has 2 saturated carbocycles. The Labute approximate surface area is 335 Å². The van der Waals surface area contributed by atoms with Crippen molar-refractivity contribution in [3.8, 4) is 28.7 Å².